The highest BCUT2D eigenvalue weighted by molar-refractivity contribution is 5.77. The Balaban J connectivity index is 1.51. The summed E-state index contributed by atoms with van der Waals surface area (Å²) in [5, 5.41) is 0. The van der Waals surface area contributed by atoms with Gasteiger partial charge in [-0.25, -0.2) is 0 Å². The van der Waals surface area contributed by atoms with Crippen LogP contribution >= 0.6 is 0 Å². The fourth-order valence-corrected chi connectivity index (χ4v) is 3.19. The number of hydrogen-bond acceptors (Lipinski definition) is 4. The minimum Gasteiger partial charge on any atom is -0.484 e. The molecule has 120 valence electrons. The first-order valence-electron chi connectivity index (χ1n) is 7.98. The first-order chi connectivity index (χ1) is 10.7. The smallest absolute Gasteiger partial charge is 0.260 e. The topological polar surface area (TPSA) is 42.0 Å². The minimum atomic E-state index is 0.0449. The molecule has 0 radical (unpaired) electrons. The largest absolute Gasteiger partial charge is 0.484 e. The van der Waals surface area contributed by atoms with Gasteiger partial charge in [0.2, 0.25) is 0 Å². The lowest BCUT2D eigenvalue weighted by Gasteiger charge is -2.37. The molecular formula is C17H24N2O3. The number of amides is 1. The zero-order valence-corrected chi connectivity index (χ0v) is 13.1. The third-order valence-electron chi connectivity index (χ3n) is 4.51. The van der Waals surface area contributed by atoms with Crippen molar-refractivity contribution in [1.29, 1.82) is 0 Å². The third-order valence-corrected chi connectivity index (χ3v) is 4.51. The van der Waals surface area contributed by atoms with E-state index in [2.05, 4.69) is 11.9 Å². The molecule has 2 saturated heterocycles. The van der Waals surface area contributed by atoms with E-state index in [1.807, 2.05) is 35.2 Å². The maximum Gasteiger partial charge on any atom is 0.260 e. The molecule has 0 unspecified atom stereocenters. The van der Waals surface area contributed by atoms with Crippen molar-refractivity contribution in [3.05, 3.63) is 30.3 Å². The molecule has 1 aromatic carbocycles. The van der Waals surface area contributed by atoms with E-state index in [1.165, 1.54) is 0 Å². The van der Waals surface area contributed by atoms with Crippen LogP contribution in [-0.2, 0) is 9.53 Å². The molecule has 5 nitrogen and oxygen atoms in total. The van der Waals surface area contributed by atoms with Crippen molar-refractivity contribution < 1.29 is 14.3 Å². The molecule has 1 aromatic rings. The summed E-state index contributed by atoms with van der Waals surface area (Å²) in [7, 11) is 2.14. The van der Waals surface area contributed by atoms with Gasteiger partial charge in [-0.1, -0.05) is 18.2 Å². The molecule has 3 rings (SSSR count). The Morgan fingerprint density at radius 3 is 2.91 bits per heavy atom. The summed E-state index contributed by atoms with van der Waals surface area (Å²) >= 11 is 0. The average molecular weight is 304 g/mol. The fourth-order valence-electron chi connectivity index (χ4n) is 3.19. The maximum absolute atomic E-state index is 12.3. The first-order valence-corrected chi connectivity index (χ1v) is 7.98. The molecule has 0 aromatic heterocycles. The monoisotopic (exact) mass is 304 g/mol. The second kappa shape index (κ2) is 7.11. The molecular weight excluding hydrogens is 280 g/mol. The summed E-state index contributed by atoms with van der Waals surface area (Å²) in [4.78, 5) is 16.5. The minimum absolute atomic E-state index is 0.0449. The second-order valence-corrected chi connectivity index (χ2v) is 6.16. The standard InChI is InChI=1S/C17H24N2O3/c1-18-9-10-21-16-12-19(8-7-14(16)11-18)17(20)13-22-15-5-3-2-4-6-15/h2-6,14,16H,7-13H2,1H3/t14-,16-/m0/s1. The molecule has 1 amide bonds. The Morgan fingerprint density at radius 1 is 1.27 bits per heavy atom. The lowest BCUT2D eigenvalue weighted by molar-refractivity contribution is -0.139. The molecule has 0 spiro atoms. The van der Waals surface area contributed by atoms with Crippen LogP contribution in [0.1, 0.15) is 6.42 Å². The van der Waals surface area contributed by atoms with Gasteiger partial charge in [0.25, 0.3) is 5.91 Å². The van der Waals surface area contributed by atoms with Gasteiger partial charge in [0.05, 0.1) is 12.7 Å². The van der Waals surface area contributed by atoms with Crippen molar-refractivity contribution in [2.75, 3.05) is 46.4 Å². The van der Waals surface area contributed by atoms with Crippen molar-refractivity contribution in [2.24, 2.45) is 5.92 Å². The first kappa shape index (κ1) is 15.3. The molecule has 0 saturated carbocycles. The molecule has 0 bridgehead atoms. The normalized spacial score (nSPS) is 26.1. The molecule has 0 aliphatic carbocycles. The quantitative estimate of drug-likeness (QED) is 0.843. The number of hydrogen-bond donors (Lipinski definition) is 0. The summed E-state index contributed by atoms with van der Waals surface area (Å²) in [5.74, 6) is 1.31. The van der Waals surface area contributed by atoms with Crippen LogP contribution in [0.15, 0.2) is 30.3 Å². The van der Waals surface area contributed by atoms with Gasteiger partial charge < -0.3 is 19.3 Å². The molecule has 2 fully saturated rings. The Kier molecular flexibility index (Phi) is 4.95. The van der Waals surface area contributed by atoms with Gasteiger partial charge in [-0.2, -0.15) is 0 Å². The van der Waals surface area contributed by atoms with E-state index in [9.17, 15) is 4.79 Å². The second-order valence-electron chi connectivity index (χ2n) is 6.16. The maximum atomic E-state index is 12.3. The van der Waals surface area contributed by atoms with Crippen LogP contribution in [0.4, 0.5) is 0 Å². The SMILES string of the molecule is CN1CCO[C@H]2CN(C(=O)COc3ccccc3)CC[C@H]2C1. The van der Waals surface area contributed by atoms with Crippen LogP contribution in [-0.4, -0.2) is 68.3 Å². The highest BCUT2D eigenvalue weighted by atomic mass is 16.5. The van der Waals surface area contributed by atoms with E-state index in [-0.39, 0.29) is 18.6 Å². The number of likely N-dealkylation sites (tertiary alicyclic amines) is 1. The Bertz CT molecular complexity index is 494. The summed E-state index contributed by atoms with van der Waals surface area (Å²) in [6.45, 7) is 4.37. The zero-order valence-electron chi connectivity index (χ0n) is 13.1. The van der Waals surface area contributed by atoms with Crippen molar-refractivity contribution in [3.63, 3.8) is 0 Å². The third kappa shape index (κ3) is 3.78. The number of piperidine rings is 1. The number of carbonyl (C=O) groups excluding carboxylic acids is 1. The lowest BCUT2D eigenvalue weighted by Crippen LogP contribution is -2.50. The lowest BCUT2D eigenvalue weighted by atomic mass is 9.93. The molecule has 2 heterocycles. The van der Waals surface area contributed by atoms with Crippen LogP contribution in [0.2, 0.25) is 0 Å². The predicted octanol–water partition coefficient (Wildman–Crippen LogP) is 1.24. The number of benzene rings is 1. The van der Waals surface area contributed by atoms with E-state index < -0.39 is 0 Å². The highest BCUT2D eigenvalue weighted by Gasteiger charge is 2.34. The van der Waals surface area contributed by atoms with Crippen LogP contribution in [0.3, 0.4) is 0 Å². The van der Waals surface area contributed by atoms with E-state index in [0.717, 1.165) is 38.4 Å². The number of likely N-dealkylation sites (N-methyl/N-ethyl adjacent to an activating group) is 1. The number of rotatable bonds is 3. The van der Waals surface area contributed by atoms with Crippen molar-refractivity contribution >= 4 is 5.91 Å². The van der Waals surface area contributed by atoms with Crippen LogP contribution in [0.5, 0.6) is 5.75 Å². The number of para-hydroxylation sites is 1. The molecule has 0 N–H and O–H groups in total. The van der Waals surface area contributed by atoms with Crippen LogP contribution in [0, 0.1) is 5.92 Å². The van der Waals surface area contributed by atoms with Gasteiger partial charge in [-0.3, -0.25) is 4.79 Å². The average Bonchev–Trinajstić information content (AvgIpc) is 2.73. The molecule has 2 atom stereocenters. The van der Waals surface area contributed by atoms with E-state index in [0.29, 0.717) is 12.5 Å². The zero-order chi connectivity index (χ0) is 15.4. The van der Waals surface area contributed by atoms with Gasteiger partial charge in [0.1, 0.15) is 5.75 Å². The molecule has 2 aliphatic rings. The number of fused-ring (bicyclic) bond motifs is 1. The van der Waals surface area contributed by atoms with Gasteiger partial charge in [0, 0.05) is 32.1 Å². The summed E-state index contributed by atoms with van der Waals surface area (Å²) < 4.78 is 11.5. The Hall–Kier alpha value is -1.59. The van der Waals surface area contributed by atoms with E-state index >= 15 is 0 Å². The number of nitrogens with zero attached hydrogens (tertiary/aromatic N) is 2. The van der Waals surface area contributed by atoms with Crippen LogP contribution in [0.25, 0.3) is 0 Å². The van der Waals surface area contributed by atoms with Gasteiger partial charge in [0.15, 0.2) is 6.61 Å². The Morgan fingerprint density at radius 2 is 2.09 bits per heavy atom. The number of carbonyl (C=O) groups is 1. The summed E-state index contributed by atoms with van der Waals surface area (Å²) in [5.41, 5.74) is 0. The van der Waals surface area contributed by atoms with Crippen molar-refractivity contribution in [2.45, 2.75) is 12.5 Å². The van der Waals surface area contributed by atoms with Gasteiger partial charge in [-0.15, -0.1) is 0 Å². The van der Waals surface area contributed by atoms with E-state index in [4.69, 9.17) is 9.47 Å². The van der Waals surface area contributed by atoms with Gasteiger partial charge in [-0.05, 0) is 25.6 Å². The molecule has 5 heteroatoms. The summed E-state index contributed by atoms with van der Waals surface area (Å²) in [6.07, 6.45) is 1.17. The van der Waals surface area contributed by atoms with Crippen molar-refractivity contribution in [3.8, 4) is 5.75 Å². The Labute approximate surface area is 131 Å². The number of ether oxygens (including phenoxy) is 2. The predicted molar refractivity (Wildman–Crippen MR) is 83.9 cm³/mol. The molecule has 22 heavy (non-hydrogen) atoms. The van der Waals surface area contributed by atoms with Crippen molar-refractivity contribution in [1.82, 2.24) is 9.80 Å². The van der Waals surface area contributed by atoms with E-state index in [1.54, 1.807) is 0 Å². The highest BCUT2D eigenvalue weighted by Crippen LogP contribution is 2.23. The molecule has 2 aliphatic heterocycles. The van der Waals surface area contributed by atoms with Crippen LogP contribution < -0.4 is 4.74 Å². The summed E-state index contributed by atoms with van der Waals surface area (Å²) in [6, 6.07) is 9.47. The fraction of sp³-hybridized carbons (Fsp3) is 0.588. The van der Waals surface area contributed by atoms with Gasteiger partial charge >= 0.3 is 0 Å².